The molecule has 1 aliphatic rings. The van der Waals surface area contributed by atoms with Crippen molar-refractivity contribution in [2.45, 2.75) is 18.9 Å². The fourth-order valence-corrected chi connectivity index (χ4v) is 1.56. The van der Waals surface area contributed by atoms with Crippen molar-refractivity contribution in [1.82, 2.24) is 0 Å². The van der Waals surface area contributed by atoms with Crippen LogP contribution in [0.2, 0.25) is 0 Å². The van der Waals surface area contributed by atoms with Crippen LogP contribution in [0.3, 0.4) is 0 Å². The van der Waals surface area contributed by atoms with Gasteiger partial charge in [0, 0.05) is 0 Å². The van der Waals surface area contributed by atoms with Crippen molar-refractivity contribution in [3.8, 4) is 0 Å². The maximum Gasteiger partial charge on any atom is 0.123 e. The summed E-state index contributed by atoms with van der Waals surface area (Å²) >= 11 is 0. The van der Waals surface area contributed by atoms with Crippen molar-refractivity contribution in [3.05, 3.63) is 35.1 Å². The average Bonchev–Trinajstić information content (AvgIpc) is 2.27. The van der Waals surface area contributed by atoms with Crippen molar-refractivity contribution >= 4 is 0 Å². The highest BCUT2D eigenvalue weighted by Crippen LogP contribution is 2.22. The van der Waals surface area contributed by atoms with Crippen LogP contribution in [-0.2, 0) is 12.8 Å². The quantitative estimate of drug-likeness (QED) is 0.593. The van der Waals surface area contributed by atoms with Gasteiger partial charge >= 0.3 is 0 Å². The molecule has 0 spiro atoms. The van der Waals surface area contributed by atoms with Crippen molar-refractivity contribution in [2.75, 3.05) is 0 Å². The standard InChI is InChI=1S/C9H9FO/c10-8-2-1-6-4-9(11)5-7(6)3-8/h1-3,9,11H,4-5H2/t9-/m0/s1. The van der Waals surface area contributed by atoms with Gasteiger partial charge in [-0.3, -0.25) is 0 Å². The lowest BCUT2D eigenvalue weighted by atomic mass is 10.1. The number of halogens is 1. The van der Waals surface area contributed by atoms with E-state index in [1.54, 1.807) is 6.07 Å². The summed E-state index contributed by atoms with van der Waals surface area (Å²) in [6.07, 6.45) is 0.981. The molecule has 58 valence electrons. The molecule has 0 saturated carbocycles. The summed E-state index contributed by atoms with van der Waals surface area (Å²) in [5.41, 5.74) is 2.04. The van der Waals surface area contributed by atoms with Gasteiger partial charge in [-0.25, -0.2) is 4.39 Å². The third-order valence-electron chi connectivity index (χ3n) is 2.08. The Labute approximate surface area is 64.5 Å². The second kappa shape index (κ2) is 2.31. The fourth-order valence-electron chi connectivity index (χ4n) is 1.56. The highest BCUT2D eigenvalue weighted by molar-refractivity contribution is 5.33. The maximum absolute atomic E-state index is 12.6. The SMILES string of the molecule is O[C@H]1Cc2ccc(F)cc2C1. The number of hydrogen-bond donors (Lipinski definition) is 1. The Balaban J connectivity index is 2.43. The average molecular weight is 152 g/mol. The molecule has 11 heavy (non-hydrogen) atoms. The van der Waals surface area contributed by atoms with Crippen LogP contribution >= 0.6 is 0 Å². The van der Waals surface area contributed by atoms with E-state index in [0.29, 0.717) is 12.8 Å². The minimum Gasteiger partial charge on any atom is -0.392 e. The van der Waals surface area contributed by atoms with Gasteiger partial charge < -0.3 is 5.11 Å². The Kier molecular flexibility index (Phi) is 1.43. The van der Waals surface area contributed by atoms with Crippen molar-refractivity contribution < 1.29 is 9.50 Å². The Morgan fingerprint density at radius 3 is 2.82 bits per heavy atom. The molecule has 0 bridgehead atoms. The topological polar surface area (TPSA) is 20.2 Å². The van der Waals surface area contributed by atoms with Gasteiger partial charge in [0.25, 0.3) is 0 Å². The van der Waals surface area contributed by atoms with E-state index in [2.05, 4.69) is 0 Å². The molecular weight excluding hydrogens is 143 g/mol. The van der Waals surface area contributed by atoms with Crippen LogP contribution in [0.4, 0.5) is 4.39 Å². The summed E-state index contributed by atoms with van der Waals surface area (Å²) in [6, 6.07) is 4.70. The number of rotatable bonds is 0. The van der Waals surface area contributed by atoms with Crippen molar-refractivity contribution in [1.29, 1.82) is 0 Å². The van der Waals surface area contributed by atoms with Crippen LogP contribution in [0, 0.1) is 5.82 Å². The van der Waals surface area contributed by atoms with E-state index in [-0.39, 0.29) is 11.9 Å². The van der Waals surface area contributed by atoms with Gasteiger partial charge in [0.15, 0.2) is 0 Å². The van der Waals surface area contributed by atoms with Crippen LogP contribution in [0.1, 0.15) is 11.1 Å². The zero-order valence-corrected chi connectivity index (χ0v) is 6.05. The van der Waals surface area contributed by atoms with Gasteiger partial charge in [-0.05, 0) is 36.1 Å². The third kappa shape index (κ3) is 1.14. The van der Waals surface area contributed by atoms with Gasteiger partial charge in [0.1, 0.15) is 5.82 Å². The van der Waals surface area contributed by atoms with Gasteiger partial charge in [-0.1, -0.05) is 6.07 Å². The highest BCUT2D eigenvalue weighted by Gasteiger charge is 2.18. The molecule has 0 radical (unpaired) electrons. The summed E-state index contributed by atoms with van der Waals surface area (Å²) in [5.74, 6) is -0.210. The Morgan fingerprint density at radius 1 is 1.27 bits per heavy atom. The lowest BCUT2D eigenvalue weighted by Gasteiger charge is -1.95. The van der Waals surface area contributed by atoms with E-state index in [9.17, 15) is 9.50 Å². The van der Waals surface area contributed by atoms with E-state index in [1.165, 1.54) is 12.1 Å². The van der Waals surface area contributed by atoms with Crippen molar-refractivity contribution in [2.24, 2.45) is 0 Å². The van der Waals surface area contributed by atoms with E-state index >= 15 is 0 Å². The molecule has 0 aromatic heterocycles. The number of fused-ring (bicyclic) bond motifs is 1. The largest absolute Gasteiger partial charge is 0.392 e. The van der Waals surface area contributed by atoms with E-state index in [4.69, 9.17) is 0 Å². The molecule has 0 aliphatic heterocycles. The van der Waals surface area contributed by atoms with Crippen molar-refractivity contribution in [3.63, 3.8) is 0 Å². The first-order valence-corrected chi connectivity index (χ1v) is 3.71. The number of aliphatic hydroxyl groups is 1. The molecule has 0 saturated heterocycles. The first-order valence-electron chi connectivity index (χ1n) is 3.71. The van der Waals surface area contributed by atoms with Crippen LogP contribution in [0.25, 0.3) is 0 Å². The summed E-state index contributed by atoms with van der Waals surface area (Å²) < 4.78 is 12.6. The zero-order valence-electron chi connectivity index (χ0n) is 6.05. The van der Waals surface area contributed by atoms with Crippen LogP contribution in [-0.4, -0.2) is 11.2 Å². The monoisotopic (exact) mass is 152 g/mol. The summed E-state index contributed by atoms with van der Waals surface area (Å²) in [6.45, 7) is 0. The second-order valence-electron chi connectivity index (χ2n) is 2.98. The number of aliphatic hydroxyl groups excluding tert-OH is 1. The molecule has 1 nitrogen and oxygen atoms in total. The highest BCUT2D eigenvalue weighted by atomic mass is 19.1. The normalized spacial score (nSPS) is 21.8. The second-order valence-corrected chi connectivity index (χ2v) is 2.98. The Bertz CT molecular complexity index is 283. The minimum atomic E-state index is -0.299. The lowest BCUT2D eigenvalue weighted by Crippen LogP contribution is -2.03. The molecule has 0 heterocycles. The molecule has 1 aromatic rings. The number of benzene rings is 1. The summed E-state index contributed by atoms with van der Waals surface area (Å²) in [7, 11) is 0. The summed E-state index contributed by atoms with van der Waals surface area (Å²) in [5, 5.41) is 9.22. The Hall–Kier alpha value is -0.890. The molecule has 0 amide bonds. The maximum atomic E-state index is 12.6. The predicted molar refractivity (Wildman–Crippen MR) is 39.8 cm³/mol. The molecule has 0 fully saturated rings. The molecular formula is C9H9FO. The van der Waals surface area contributed by atoms with E-state index in [1.807, 2.05) is 0 Å². The first-order chi connectivity index (χ1) is 5.25. The van der Waals surface area contributed by atoms with E-state index < -0.39 is 0 Å². The van der Waals surface area contributed by atoms with Crippen LogP contribution in [0.5, 0.6) is 0 Å². The molecule has 1 atom stereocenters. The van der Waals surface area contributed by atoms with E-state index in [0.717, 1.165) is 11.1 Å². The molecule has 1 N–H and O–H groups in total. The minimum absolute atomic E-state index is 0.210. The third-order valence-corrected chi connectivity index (χ3v) is 2.08. The predicted octanol–water partition coefficient (Wildman–Crippen LogP) is 1.29. The number of hydrogen-bond acceptors (Lipinski definition) is 1. The lowest BCUT2D eigenvalue weighted by molar-refractivity contribution is 0.187. The molecule has 2 heteroatoms. The molecule has 1 aliphatic carbocycles. The van der Waals surface area contributed by atoms with Gasteiger partial charge in [-0.15, -0.1) is 0 Å². The molecule has 2 rings (SSSR count). The van der Waals surface area contributed by atoms with Crippen LogP contribution in [0.15, 0.2) is 18.2 Å². The van der Waals surface area contributed by atoms with Gasteiger partial charge in [0.2, 0.25) is 0 Å². The van der Waals surface area contributed by atoms with Gasteiger partial charge in [0.05, 0.1) is 6.10 Å². The first kappa shape index (κ1) is 6.80. The van der Waals surface area contributed by atoms with Gasteiger partial charge in [-0.2, -0.15) is 0 Å². The molecule has 0 unspecified atom stereocenters. The zero-order chi connectivity index (χ0) is 7.84. The smallest absolute Gasteiger partial charge is 0.123 e. The fraction of sp³-hybridized carbons (Fsp3) is 0.333. The molecule has 1 aromatic carbocycles. The Morgan fingerprint density at radius 2 is 2.00 bits per heavy atom. The van der Waals surface area contributed by atoms with Crippen LogP contribution < -0.4 is 0 Å². The summed E-state index contributed by atoms with van der Waals surface area (Å²) in [4.78, 5) is 0.